The molecule has 1 fully saturated rings. The molecule has 0 amide bonds. The lowest BCUT2D eigenvalue weighted by atomic mass is 10.0. The summed E-state index contributed by atoms with van der Waals surface area (Å²) in [5, 5.41) is 3.62. The molecule has 0 bridgehead atoms. The fourth-order valence-electron chi connectivity index (χ4n) is 2.66. The van der Waals surface area contributed by atoms with E-state index in [2.05, 4.69) is 62.2 Å². The number of hydrogen-bond acceptors (Lipinski definition) is 2. The Hall–Kier alpha value is -0.860. The van der Waals surface area contributed by atoms with E-state index in [0.29, 0.717) is 0 Å². The molecule has 0 atom stereocenters. The van der Waals surface area contributed by atoms with Crippen LogP contribution in [0.4, 0.5) is 0 Å². The second kappa shape index (κ2) is 7.42. The lowest BCUT2D eigenvalue weighted by Gasteiger charge is -2.25. The number of nitrogens with one attached hydrogen (secondary N) is 1. The van der Waals surface area contributed by atoms with Gasteiger partial charge in [-0.2, -0.15) is 0 Å². The Morgan fingerprint density at radius 3 is 2.38 bits per heavy atom. The quantitative estimate of drug-likeness (QED) is 0.765. The molecular weight excluding hydrogens is 256 g/mol. The van der Waals surface area contributed by atoms with Crippen LogP contribution in [0.5, 0.6) is 0 Å². The fourth-order valence-corrected chi connectivity index (χ4v) is 2.66. The molecule has 1 aromatic rings. The predicted octanol–water partition coefficient (Wildman–Crippen LogP) is 4.34. The van der Waals surface area contributed by atoms with E-state index in [9.17, 15) is 0 Å². The third-order valence-electron chi connectivity index (χ3n) is 4.16. The molecule has 0 radical (unpaired) electrons. The van der Waals surface area contributed by atoms with Crippen LogP contribution in [0.3, 0.4) is 0 Å². The lowest BCUT2D eigenvalue weighted by molar-refractivity contribution is 0.249. The van der Waals surface area contributed by atoms with E-state index in [1.54, 1.807) is 0 Å². The van der Waals surface area contributed by atoms with Crippen molar-refractivity contribution in [3.05, 3.63) is 35.4 Å². The van der Waals surface area contributed by atoms with Gasteiger partial charge in [0.05, 0.1) is 0 Å². The minimum atomic E-state index is 0.172. The highest BCUT2D eigenvalue weighted by Gasteiger charge is 2.28. The van der Waals surface area contributed by atoms with Crippen molar-refractivity contribution >= 4 is 0 Å². The Kier molecular flexibility index (Phi) is 5.83. The van der Waals surface area contributed by atoms with Crippen molar-refractivity contribution in [2.24, 2.45) is 0 Å². The summed E-state index contributed by atoms with van der Waals surface area (Å²) in [6, 6.07) is 9.78. The molecule has 2 nitrogen and oxygen atoms in total. The van der Waals surface area contributed by atoms with Crippen LogP contribution in [-0.2, 0) is 13.1 Å². The summed E-state index contributed by atoms with van der Waals surface area (Å²) in [7, 11) is 0. The van der Waals surface area contributed by atoms with E-state index >= 15 is 0 Å². The van der Waals surface area contributed by atoms with Crippen LogP contribution in [0.15, 0.2) is 24.3 Å². The zero-order valence-electron chi connectivity index (χ0n) is 14.3. The summed E-state index contributed by atoms with van der Waals surface area (Å²) < 4.78 is 0. The molecule has 21 heavy (non-hydrogen) atoms. The number of rotatable bonds is 8. The predicted molar refractivity (Wildman–Crippen MR) is 91.4 cm³/mol. The highest BCUT2D eigenvalue weighted by atomic mass is 15.2. The molecule has 118 valence electrons. The van der Waals surface area contributed by atoms with Crippen molar-refractivity contribution in [1.82, 2.24) is 10.2 Å². The van der Waals surface area contributed by atoms with E-state index in [1.807, 2.05) is 0 Å². The molecule has 1 N–H and O–H groups in total. The molecule has 2 heteroatoms. The van der Waals surface area contributed by atoms with Gasteiger partial charge in [0.2, 0.25) is 0 Å². The minimum Gasteiger partial charge on any atom is -0.308 e. The van der Waals surface area contributed by atoms with Crippen molar-refractivity contribution in [3.63, 3.8) is 0 Å². The average molecular weight is 288 g/mol. The standard InChI is InChI=1S/C19H32N2/c1-5-6-13-21(18-11-12-18)15-17-10-8-7-9-16(17)14-20-19(2,3)4/h7-10,18,20H,5-6,11-15H2,1-4H3. The van der Waals surface area contributed by atoms with Gasteiger partial charge in [-0.3, -0.25) is 4.90 Å². The van der Waals surface area contributed by atoms with Crippen molar-refractivity contribution in [3.8, 4) is 0 Å². The van der Waals surface area contributed by atoms with Crippen molar-refractivity contribution in [2.75, 3.05) is 6.54 Å². The lowest BCUT2D eigenvalue weighted by Crippen LogP contribution is -2.35. The molecule has 1 aromatic carbocycles. The summed E-state index contributed by atoms with van der Waals surface area (Å²) in [6.07, 6.45) is 5.40. The minimum absolute atomic E-state index is 0.172. The SMILES string of the molecule is CCCCN(Cc1ccccc1CNC(C)(C)C)C1CC1. The van der Waals surface area contributed by atoms with E-state index in [0.717, 1.165) is 19.1 Å². The first-order valence-corrected chi connectivity index (χ1v) is 8.55. The molecule has 0 aliphatic heterocycles. The Morgan fingerprint density at radius 1 is 1.14 bits per heavy atom. The topological polar surface area (TPSA) is 15.3 Å². The summed E-state index contributed by atoms with van der Waals surface area (Å²) in [5.41, 5.74) is 3.12. The van der Waals surface area contributed by atoms with Gasteiger partial charge < -0.3 is 5.32 Å². The van der Waals surface area contributed by atoms with Gasteiger partial charge in [0, 0.05) is 24.7 Å². The van der Waals surface area contributed by atoms with Gasteiger partial charge in [0.25, 0.3) is 0 Å². The van der Waals surface area contributed by atoms with Gasteiger partial charge >= 0.3 is 0 Å². The maximum absolute atomic E-state index is 3.62. The maximum Gasteiger partial charge on any atom is 0.0239 e. The average Bonchev–Trinajstić information content (AvgIpc) is 3.26. The zero-order valence-corrected chi connectivity index (χ0v) is 14.3. The molecule has 1 aliphatic carbocycles. The van der Waals surface area contributed by atoms with Gasteiger partial charge in [-0.1, -0.05) is 37.6 Å². The molecular formula is C19H32N2. The van der Waals surface area contributed by atoms with Gasteiger partial charge in [0.15, 0.2) is 0 Å². The zero-order chi connectivity index (χ0) is 15.3. The maximum atomic E-state index is 3.62. The van der Waals surface area contributed by atoms with Crippen LogP contribution in [0.2, 0.25) is 0 Å². The summed E-state index contributed by atoms with van der Waals surface area (Å²) in [6.45, 7) is 12.3. The van der Waals surface area contributed by atoms with Crippen LogP contribution >= 0.6 is 0 Å². The summed E-state index contributed by atoms with van der Waals surface area (Å²) >= 11 is 0. The Morgan fingerprint density at radius 2 is 1.81 bits per heavy atom. The third-order valence-corrected chi connectivity index (χ3v) is 4.16. The number of nitrogens with zero attached hydrogens (tertiary/aromatic N) is 1. The molecule has 0 unspecified atom stereocenters. The van der Waals surface area contributed by atoms with Gasteiger partial charge in [-0.05, 0) is 57.7 Å². The summed E-state index contributed by atoms with van der Waals surface area (Å²) in [5.74, 6) is 0. The molecule has 0 aromatic heterocycles. The monoisotopic (exact) mass is 288 g/mol. The molecule has 0 heterocycles. The van der Waals surface area contributed by atoms with Gasteiger partial charge in [-0.15, -0.1) is 0 Å². The van der Waals surface area contributed by atoms with E-state index in [-0.39, 0.29) is 5.54 Å². The van der Waals surface area contributed by atoms with Crippen molar-refractivity contribution < 1.29 is 0 Å². The Bertz CT molecular complexity index is 429. The van der Waals surface area contributed by atoms with Crippen LogP contribution < -0.4 is 5.32 Å². The first-order valence-electron chi connectivity index (χ1n) is 8.55. The molecule has 2 rings (SSSR count). The number of benzene rings is 1. The van der Waals surface area contributed by atoms with Gasteiger partial charge in [-0.25, -0.2) is 0 Å². The van der Waals surface area contributed by atoms with E-state index in [1.165, 1.54) is 43.4 Å². The normalized spacial score (nSPS) is 15.7. The Labute approximate surface area is 130 Å². The van der Waals surface area contributed by atoms with Gasteiger partial charge in [0.1, 0.15) is 0 Å². The van der Waals surface area contributed by atoms with E-state index < -0.39 is 0 Å². The highest BCUT2D eigenvalue weighted by Crippen LogP contribution is 2.29. The Balaban J connectivity index is 2.00. The molecule has 1 aliphatic rings. The fraction of sp³-hybridized carbons (Fsp3) is 0.684. The smallest absolute Gasteiger partial charge is 0.0239 e. The second-order valence-corrected chi connectivity index (χ2v) is 7.43. The van der Waals surface area contributed by atoms with Crippen LogP contribution in [0.1, 0.15) is 64.5 Å². The number of unbranched alkanes of at least 4 members (excludes halogenated alkanes) is 1. The highest BCUT2D eigenvalue weighted by molar-refractivity contribution is 5.27. The second-order valence-electron chi connectivity index (χ2n) is 7.43. The van der Waals surface area contributed by atoms with E-state index in [4.69, 9.17) is 0 Å². The van der Waals surface area contributed by atoms with Crippen molar-refractivity contribution in [2.45, 2.75) is 78.0 Å². The molecule has 0 spiro atoms. The third kappa shape index (κ3) is 5.80. The first kappa shape index (κ1) is 16.5. The van der Waals surface area contributed by atoms with Crippen LogP contribution in [-0.4, -0.2) is 23.0 Å². The van der Waals surface area contributed by atoms with Crippen LogP contribution in [0.25, 0.3) is 0 Å². The largest absolute Gasteiger partial charge is 0.308 e. The first-order chi connectivity index (χ1) is 9.99. The van der Waals surface area contributed by atoms with Crippen molar-refractivity contribution in [1.29, 1.82) is 0 Å². The number of hydrogen-bond donors (Lipinski definition) is 1. The molecule has 1 saturated carbocycles. The molecule has 0 saturated heterocycles. The summed E-state index contributed by atoms with van der Waals surface area (Å²) in [4.78, 5) is 2.69. The van der Waals surface area contributed by atoms with Crippen LogP contribution in [0, 0.1) is 0 Å².